The molecule has 0 bridgehead atoms. The van der Waals surface area contributed by atoms with Crippen LogP contribution in [-0.2, 0) is 11.2 Å². The third-order valence-electron chi connectivity index (χ3n) is 5.60. The minimum atomic E-state index is -0.273. The summed E-state index contributed by atoms with van der Waals surface area (Å²) in [6.45, 7) is 3.94. The van der Waals surface area contributed by atoms with E-state index < -0.39 is 0 Å². The number of rotatable bonds is 6. The number of nitrogens with zero attached hydrogens (tertiary/aromatic N) is 1. The second-order valence-corrected chi connectivity index (χ2v) is 7.37. The van der Waals surface area contributed by atoms with Crippen LogP contribution in [0.1, 0.15) is 43.9 Å². The molecule has 0 aliphatic carbocycles. The number of aliphatic hydroxyl groups excluding tert-OH is 1. The number of carbonyl (C=O) groups is 1. The van der Waals surface area contributed by atoms with Crippen LogP contribution < -0.4 is 0 Å². The molecule has 4 rings (SSSR count). The minimum absolute atomic E-state index is 0.0564. The van der Waals surface area contributed by atoms with Crippen molar-refractivity contribution in [1.82, 2.24) is 4.90 Å². The maximum atomic E-state index is 12.6. The molecule has 0 saturated carbocycles. The first kappa shape index (κ1) is 21.8. The first-order chi connectivity index (χ1) is 14.8. The molecule has 0 radical (unpaired) electrons. The van der Waals surface area contributed by atoms with Crippen molar-refractivity contribution in [3.05, 3.63) is 96.1 Å². The van der Waals surface area contributed by atoms with Gasteiger partial charge in [0, 0.05) is 12.5 Å². The Balaban J connectivity index is 0.00000124. The van der Waals surface area contributed by atoms with Crippen LogP contribution in [0.3, 0.4) is 0 Å². The Labute approximate surface area is 180 Å². The molecule has 3 heteroatoms. The van der Waals surface area contributed by atoms with Crippen molar-refractivity contribution in [1.29, 1.82) is 0 Å². The maximum absolute atomic E-state index is 12.6. The van der Waals surface area contributed by atoms with Gasteiger partial charge in [-0.15, -0.1) is 0 Å². The maximum Gasteiger partial charge on any atom is 0.223 e. The Kier molecular flexibility index (Phi) is 7.81. The molecule has 1 saturated heterocycles. The lowest BCUT2D eigenvalue weighted by molar-refractivity contribution is -0.132. The molecule has 1 amide bonds. The summed E-state index contributed by atoms with van der Waals surface area (Å²) in [5.41, 5.74) is 4.61. The first-order valence-corrected chi connectivity index (χ1v) is 10.9. The Morgan fingerprint density at radius 3 is 2.03 bits per heavy atom. The lowest BCUT2D eigenvalue weighted by Gasteiger charge is -2.33. The summed E-state index contributed by atoms with van der Waals surface area (Å²) in [5, 5.41) is 10.0. The number of amides is 1. The fourth-order valence-corrected chi connectivity index (χ4v) is 4.16. The highest BCUT2D eigenvalue weighted by Gasteiger charge is 2.36. The predicted molar refractivity (Wildman–Crippen MR) is 123 cm³/mol. The van der Waals surface area contributed by atoms with Crippen LogP contribution in [0.15, 0.2) is 84.9 Å². The highest BCUT2D eigenvalue weighted by molar-refractivity contribution is 5.79. The molecule has 1 heterocycles. The van der Waals surface area contributed by atoms with Crippen LogP contribution in [0.25, 0.3) is 11.1 Å². The molecule has 3 nitrogen and oxygen atoms in total. The SMILES string of the molecule is CC.O=C1CCC(Cc2ccc(-c3ccccc3)cc2)N1[C@@H](CO)c1ccccc1. The summed E-state index contributed by atoms with van der Waals surface area (Å²) >= 11 is 0. The van der Waals surface area contributed by atoms with E-state index in [0.717, 1.165) is 18.4 Å². The van der Waals surface area contributed by atoms with Gasteiger partial charge in [0.2, 0.25) is 5.91 Å². The third-order valence-corrected chi connectivity index (χ3v) is 5.60. The van der Waals surface area contributed by atoms with Crippen LogP contribution in [0, 0.1) is 0 Å². The van der Waals surface area contributed by atoms with Gasteiger partial charge in [-0.25, -0.2) is 0 Å². The van der Waals surface area contributed by atoms with Gasteiger partial charge >= 0.3 is 0 Å². The van der Waals surface area contributed by atoms with E-state index in [4.69, 9.17) is 0 Å². The number of likely N-dealkylation sites (tertiary alicyclic amines) is 1. The van der Waals surface area contributed by atoms with Gasteiger partial charge in [-0.1, -0.05) is 98.8 Å². The van der Waals surface area contributed by atoms with E-state index in [9.17, 15) is 9.90 Å². The van der Waals surface area contributed by atoms with E-state index >= 15 is 0 Å². The molecule has 30 heavy (non-hydrogen) atoms. The zero-order valence-electron chi connectivity index (χ0n) is 17.9. The van der Waals surface area contributed by atoms with E-state index in [-0.39, 0.29) is 24.6 Å². The number of hydrogen-bond donors (Lipinski definition) is 1. The van der Waals surface area contributed by atoms with Crippen molar-refractivity contribution >= 4 is 5.91 Å². The van der Waals surface area contributed by atoms with Crippen molar-refractivity contribution in [2.45, 2.75) is 45.2 Å². The highest BCUT2D eigenvalue weighted by atomic mass is 16.3. The largest absolute Gasteiger partial charge is 0.394 e. The van der Waals surface area contributed by atoms with Crippen molar-refractivity contribution in [2.75, 3.05) is 6.61 Å². The molecule has 0 spiro atoms. The van der Waals surface area contributed by atoms with Crippen LogP contribution in [0.2, 0.25) is 0 Å². The molecule has 156 valence electrons. The lowest BCUT2D eigenvalue weighted by Crippen LogP contribution is -2.39. The molecule has 1 N–H and O–H groups in total. The molecule has 1 aliphatic rings. The quantitative estimate of drug-likeness (QED) is 0.580. The highest BCUT2D eigenvalue weighted by Crippen LogP contribution is 2.32. The van der Waals surface area contributed by atoms with E-state index in [0.29, 0.717) is 6.42 Å². The van der Waals surface area contributed by atoms with Gasteiger partial charge in [0.15, 0.2) is 0 Å². The number of benzene rings is 3. The molecule has 1 fully saturated rings. The topological polar surface area (TPSA) is 40.5 Å². The monoisotopic (exact) mass is 401 g/mol. The van der Waals surface area contributed by atoms with Crippen LogP contribution >= 0.6 is 0 Å². The minimum Gasteiger partial charge on any atom is -0.394 e. The van der Waals surface area contributed by atoms with Crippen LogP contribution in [0.4, 0.5) is 0 Å². The summed E-state index contributed by atoms with van der Waals surface area (Å²) in [6.07, 6.45) is 2.20. The molecule has 0 aromatic heterocycles. The Morgan fingerprint density at radius 2 is 1.43 bits per heavy atom. The number of hydrogen-bond acceptors (Lipinski definition) is 2. The Hall–Kier alpha value is -2.91. The summed E-state index contributed by atoms with van der Waals surface area (Å²) in [6, 6.07) is 28.6. The average molecular weight is 402 g/mol. The zero-order chi connectivity index (χ0) is 21.3. The molecular weight excluding hydrogens is 370 g/mol. The second kappa shape index (κ2) is 10.7. The molecule has 1 unspecified atom stereocenters. The van der Waals surface area contributed by atoms with Crippen molar-refractivity contribution in [3.63, 3.8) is 0 Å². The number of aliphatic hydroxyl groups is 1. The fraction of sp³-hybridized carbons (Fsp3) is 0.296. The van der Waals surface area contributed by atoms with Gasteiger partial charge in [-0.3, -0.25) is 4.79 Å². The van der Waals surface area contributed by atoms with Gasteiger partial charge in [0.25, 0.3) is 0 Å². The smallest absolute Gasteiger partial charge is 0.223 e. The lowest BCUT2D eigenvalue weighted by atomic mass is 9.98. The molecule has 3 aromatic carbocycles. The Morgan fingerprint density at radius 1 is 0.867 bits per heavy atom. The molecular formula is C27H31NO2. The zero-order valence-corrected chi connectivity index (χ0v) is 17.9. The van der Waals surface area contributed by atoms with Crippen LogP contribution in [-0.4, -0.2) is 28.6 Å². The van der Waals surface area contributed by atoms with E-state index in [1.165, 1.54) is 16.7 Å². The van der Waals surface area contributed by atoms with E-state index in [2.05, 4.69) is 36.4 Å². The molecule has 3 aromatic rings. The number of carbonyl (C=O) groups excluding carboxylic acids is 1. The van der Waals surface area contributed by atoms with Crippen molar-refractivity contribution < 1.29 is 9.90 Å². The second-order valence-electron chi connectivity index (χ2n) is 7.37. The summed E-state index contributed by atoms with van der Waals surface area (Å²) in [7, 11) is 0. The van der Waals surface area contributed by atoms with Crippen molar-refractivity contribution in [2.24, 2.45) is 0 Å². The summed E-state index contributed by atoms with van der Waals surface area (Å²) < 4.78 is 0. The van der Waals surface area contributed by atoms with E-state index in [1.54, 1.807) is 0 Å². The molecule has 2 atom stereocenters. The van der Waals surface area contributed by atoms with Crippen molar-refractivity contribution in [3.8, 4) is 11.1 Å². The predicted octanol–water partition coefficient (Wildman–Crippen LogP) is 5.65. The van der Waals surface area contributed by atoms with Gasteiger partial charge in [0.05, 0.1) is 12.6 Å². The summed E-state index contributed by atoms with van der Waals surface area (Å²) in [5.74, 6) is 0.133. The van der Waals surface area contributed by atoms with Gasteiger partial charge in [-0.2, -0.15) is 0 Å². The third kappa shape index (κ3) is 4.98. The van der Waals surface area contributed by atoms with Crippen LogP contribution in [0.5, 0.6) is 0 Å². The average Bonchev–Trinajstić information content (AvgIpc) is 3.17. The fourth-order valence-electron chi connectivity index (χ4n) is 4.16. The van der Waals surface area contributed by atoms with Gasteiger partial charge < -0.3 is 10.0 Å². The van der Waals surface area contributed by atoms with Gasteiger partial charge in [0.1, 0.15) is 0 Å². The molecule has 1 aliphatic heterocycles. The van der Waals surface area contributed by atoms with E-state index in [1.807, 2.05) is 67.3 Å². The van der Waals surface area contributed by atoms with Gasteiger partial charge in [-0.05, 0) is 35.1 Å². The first-order valence-electron chi connectivity index (χ1n) is 10.9. The standard InChI is InChI=1S/C25H25NO2.C2H6/c27-18-24(22-9-5-2-6-10-22)26-23(15-16-25(26)28)17-19-11-13-21(14-12-19)20-7-3-1-4-8-20;1-2/h1-14,23-24,27H,15-18H2;1-2H3/t23?,24-;/m0./s1. The normalized spacial score (nSPS) is 16.7. The Bertz CT molecular complexity index is 907. The summed E-state index contributed by atoms with van der Waals surface area (Å²) in [4.78, 5) is 14.5.